The molecule has 1 fully saturated rings. The van der Waals surface area contributed by atoms with Crippen molar-refractivity contribution < 1.29 is 4.74 Å². The lowest BCUT2D eigenvalue weighted by molar-refractivity contribution is 0.127. The molecule has 0 aromatic carbocycles. The van der Waals surface area contributed by atoms with Gasteiger partial charge in [0.2, 0.25) is 0 Å². The second kappa shape index (κ2) is 4.80. The van der Waals surface area contributed by atoms with Crippen molar-refractivity contribution in [3.63, 3.8) is 0 Å². The van der Waals surface area contributed by atoms with Crippen LogP contribution >= 0.6 is 27.7 Å². The number of hydrogen-bond donors (Lipinski definition) is 0. The van der Waals surface area contributed by atoms with Gasteiger partial charge in [0.15, 0.2) is 5.16 Å². The normalized spacial score (nSPS) is 25.8. The molecule has 82 valence electrons. The van der Waals surface area contributed by atoms with Gasteiger partial charge in [-0.3, -0.25) is 0 Å². The summed E-state index contributed by atoms with van der Waals surface area (Å²) >= 11 is 5.11. The average Bonchev–Trinajstić information content (AvgIpc) is 2.59. The maximum Gasteiger partial charge on any atom is 0.188 e. The van der Waals surface area contributed by atoms with E-state index in [1.807, 2.05) is 13.1 Å². The first-order chi connectivity index (χ1) is 7.16. The van der Waals surface area contributed by atoms with Gasteiger partial charge in [-0.25, -0.2) is 9.97 Å². The molecule has 0 N–H and O–H groups in total. The van der Waals surface area contributed by atoms with Gasteiger partial charge in [-0.05, 0) is 36.2 Å². The van der Waals surface area contributed by atoms with E-state index in [9.17, 15) is 0 Å². The average molecular weight is 289 g/mol. The van der Waals surface area contributed by atoms with E-state index in [0.29, 0.717) is 11.4 Å². The molecule has 5 heteroatoms. The fourth-order valence-electron chi connectivity index (χ4n) is 1.49. The third-order valence-corrected chi connectivity index (χ3v) is 4.57. The molecule has 1 saturated heterocycles. The Balaban J connectivity index is 2.07. The molecule has 1 aliphatic heterocycles. The topological polar surface area (TPSA) is 35.0 Å². The van der Waals surface area contributed by atoms with Gasteiger partial charge in [0, 0.05) is 18.1 Å². The van der Waals surface area contributed by atoms with E-state index in [1.165, 1.54) is 0 Å². The van der Waals surface area contributed by atoms with Crippen molar-refractivity contribution >= 4 is 27.7 Å². The van der Waals surface area contributed by atoms with Crippen LogP contribution in [0, 0.1) is 6.92 Å². The Bertz CT molecular complexity index is 361. The number of halogens is 1. The molecule has 0 saturated carbocycles. The van der Waals surface area contributed by atoms with Crippen LogP contribution in [-0.4, -0.2) is 27.9 Å². The molecule has 1 aromatic rings. The van der Waals surface area contributed by atoms with Crippen molar-refractivity contribution in [3.05, 3.63) is 16.4 Å². The minimum absolute atomic E-state index is 0.308. The van der Waals surface area contributed by atoms with Crippen molar-refractivity contribution in [2.45, 2.75) is 36.8 Å². The molecule has 1 aliphatic rings. The van der Waals surface area contributed by atoms with E-state index in [1.54, 1.807) is 11.8 Å². The monoisotopic (exact) mass is 288 g/mol. The second-order valence-electron chi connectivity index (χ2n) is 3.61. The van der Waals surface area contributed by atoms with Crippen LogP contribution < -0.4 is 0 Å². The molecular weight excluding hydrogens is 276 g/mol. The number of aromatic nitrogens is 2. The first kappa shape index (κ1) is 11.4. The summed E-state index contributed by atoms with van der Waals surface area (Å²) in [4.78, 5) is 8.71. The fourth-order valence-corrected chi connectivity index (χ4v) is 2.74. The first-order valence-corrected chi connectivity index (χ1v) is 6.61. The van der Waals surface area contributed by atoms with Crippen LogP contribution in [-0.2, 0) is 4.74 Å². The summed E-state index contributed by atoms with van der Waals surface area (Å²) in [5, 5.41) is 1.34. The van der Waals surface area contributed by atoms with Crippen LogP contribution in [0.3, 0.4) is 0 Å². The summed E-state index contributed by atoms with van der Waals surface area (Å²) in [6.07, 6.45) is 3.21. The molecule has 0 amide bonds. The van der Waals surface area contributed by atoms with Crippen molar-refractivity contribution in [2.24, 2.45) is 0 Å². The lowest BCUT2D eigenvalue weighted by Crippen LogP contribution is -2.13. The molecule has 2 unspecified atom stereocenters. The van der Waals surface area contributed by atoms with E-state index in [0.717, 1.165) is 28.4 Å². The van der Waals surface area contributed by atoms with Gasteiger partial charge in [0.05, 0.1) is 16.3 Å². The zero-order valence-corrected chi connectivity index (χ0v) is 11.1. The Kier molecular flexibility index (Phi) is 3.64. The van der Waals surface area contributed by atoms with Crippen molar-refractivity contribution in [1.82, 2.24) is 9.97 Å². The smallest absolute Gasteiger partial charge is 0.188 e. The summed E-state index contributed by atoms with van der Waals surface area (Å²) in [7, 11) is 0. The summed E-state index contributed by atoms with van der Waals surface area (Å²) in [5.74, 6) is 0. The summed E-state index contributed by atoms with van der Waals surface area (Å²) < 4.78 is 6.47. The third-order valence-electron chi connectivity index (χ3n) is 2.46. The predicted molar refractivity (Wildman–Crippen MR) is 64.1 cm³/mol. The molecule has 0 spiro atoms. The van der Waals surface area contributed by atoms with Crippen LogP contribution in [0.25, 0.3) is 0 Å². The highest BCUT2D eigenvalue weighted by Crippen LogP contribution is 2.30. The van der Waals surface area contributed by atoms with Crippen molar-refractivity contribution in [2.75, 3.05) is 6.61 Å². The Morgan fingerprint density at radius 2 is 2.40 bits per heavy atom. The van der Waals surface area contributed by atoms with E-state index in [-0.39, 0.29) is 0 Å². The molecular formula is C10H13BrN2OS. The number of nitrogens with zero attached hydrogens (tertiary/aromatic N) is 2. The van der Waals surface area contributed by atoms with Gasteiger partial charge in [0.25, 0.3) is 0 Å². The molecule has 0 bridgehead atoms. The van der Waals surface area contributed by atoms with Gasteiger partial charge in [-0.1, -0.05) is 11.8 Å². The van der Waals surface area contributed by atoms with E-state index >= 15 is 0 Å². The highest BCUT2D eigenvalue weighted by atomic mass is 79.9. The van der Waals surface area contributed by atoms with Crippen molar-refractivity contribution in [1.29, 1.82) is 0 Å². The van der Waals surface area contributed by atoms with Crippen LogP contribution in [0.2, 0.25) is 0 Å². The summed E-state index contributed by atoms with van der Waals surface area (Å²) in [6, 6.07) is 0. The Labute approximate surface area is 102 Å². The maximum absolute atomic E-state index is 5.51. The lowest BCUT2D eigenvalue weighted by atomic mass is 10.3. The second-order valence-corrected chi connectivity index (χ2v) is 5.67. The van der Waals surface area contributed by atoms with E-state index in [4.69, 9.17) is 4.74 Å². The SMILES string of the molecule is Cc1nc(SC2CCOC2C)ncc1Br. The van der Waals surface area contributed by atoms with Gasteiger partial charge in [-0.2, -0.15) is 0 Å². The summed E-state index contributed by atoms with van der Waals surface area (Å²) in [6.45, 7) is 4.94. The van der Waals surface area contributed by atoms with Crippen LogP contribution in [0.1, 0.15) is 19.0 Å². The fraction of sp³-hybridized carbons (Fsp3) is 0.600. The highest BCUT2D eigenvalue weighted by molar-refractivity contribution is 9.10. The van der Waals surface area contributed by atoms with Gasteiger partial charge in [-0.15, -0.1) is 0 Å². The number of hydrogen-bond acceptors (Lipinski definition) is 4. The Hall–Kier alpha value is -0.130. The molecule has 0 radical (unpaired) electrons. The quantitative estimate of drug-likeness (QED) is 0.784. The van der Waals surface area contributed by atoms with Crippen molar-refractivity contribution in [3.8, 4) is 0 Å². The molecule has 3 nitrogen and oxygen atoms in total. The molecule has 15 heavy (non-hydrogen) atoms. The lowest BCUT2D eigenvalue weighted by Gasteiger charge is -2.12. The molecule has 2 rings (SSSR count). The zero-order valence-electron chi connectivity index (χ0n) is 8.74. The third kappa shape index (κ3) is 2.71. The summed E-state index contributed by atoms with van der Waals surface area (Å²) in [5.41, 5.74) is 0.985. The zero-order chi connectivity index (χ0) is 10.8. The molecule has 1 aromatic heterocycles. The maximum atomic E-state index is 5.51. The molecule has 0 aliphatic carbocycles. The minimum atomic E-state index is 0.308. The minimum Gasteiger partial charge on any atom is -0.377 e. The van der Waals surface area contributed by atoms with E-state index in [2.05, 4.69) is 32.8 Å². The highest BCUT2D eigenvalue weighted by Gasteiger charge is 2.26. The van der Waals surface area contributed by atoms with Crippen LogP contribution in [0.5, 0.6) is 0 Å². The van der Waals surface area contributed by atoms with Crippen LogP contribution in [0.4, 0.5) is 0 Å². The number of thioether (sulfide) groups is 1. The molecule has 2 atom stereocenters. The number of aryl methyl sites for hydroxylation is 1. The molecule has 2 heterocycles. The first-order valence-electron chi connectivity index (χ1n) is 4.94. The van der Waals surface area contributed by atoms with Gasteiger partial charge in [0.1, 0.15) is 0 Å². The van der Waals surface area contributed by atoms with Crippen LogP contribution in [0.15, 0.2) is 15.8 Å². The van der Waals surface area contributed by atoms with Gasteiger partial charge >= 0.3 is 0 Å². The largest absolute Gasteiger partial charge is 0.377 e. The van der Waals surface area contributed by atoms with E-state index < -0.39 is 0 Å². The number of ether oxygens (including phenoxy) is 1. The number of rotatable bonds is 2. The predicted octanol–water partition coefficient (Wildman–Crippen LogP) is 2.82. The van der Waals surface area contributed by atoms with Gasteiger partial charge < -0.3 is 4.74 Å². The Morgan fingerprint density at radius 3 is 3.00 bits per heavy atom. The Morgan fingerprint density at radius 1 is 1.60 bits per heavy atom. The standard InChI is InChI=1S/C10H13BrN2OS/c1-6-8(11)5-12-10(13-6)15-9-3-4-14-7(9)2/h5,7,9H,3-4H2,1-2H3.